The van der Waals surface area contributed by atoms with Gasteiger partial charge in [-0.25, -0.2) is 9.59 Å². The van der Waals surface area contributed by atoms with E-state index in [-0.39, 0.29) is 48.3 Å². The normalized spacial score (nSPS) is 47.1. The predicted molar refractivity (Wildman–Crippen MR) is 295 cm³/mol. The Labute approximate surface area is 495 Å². The number of hydrogen-bond acceptors (Lipinski definition) is 23. The lowest BCUT2D eigenvalue weighted by molar-refractivity contribution is -0.390. The molecule has 0 aromatic rings. The monoisotopic (exact) mass is 1200 g/mol. The standard InChI is InChI=1S/C61H88N2O22/c1-27-13-16-42(81-48-25-59(10,63(73)74)54(34(8)79-48)62-58(72)75-12)28(2)20-39-40(66)21-36(26-64)24-61(39)56(70)49(57(71)85-61)55(69)60(11)38(27)15-14-37-50(60)29(3)19-30(4)52(37)84-47-23-44(53(33(7)78-47)80-35(9)65)83-45-18-17-43(31(5)76-45)82-46-22-41(67)51(68)32(6)77-46/h13-15,20-21,26,29-34,37-48,50-54,66-69,73-74H,16-19,22-25H2,1-12H3,(H,62,72)/b27-13+,28-20-,55-49?/t29-,30-,31?,32?,33?,34?,37-,38-,39+,40-,41?,42-,43?,44?,45?,46?,47?,48?,50+,51?,52-,53?,54?,59?,60+,61-/m0/s1. The Balaban J connectivity index is 1.03. The average molecular weight is 1200 g/mol. The highest BCUT2D eigenvalue weighted by molar-refractivity contribution is 6.26. The summed E-state index contributed by atoms with van der Waals surface area (Å²) in [7, 11) is 1.18. The zero-order valence-electron chi connectivity index (χ0n) is 50.6. The number of rotatable bonds is 12. The van der Waals surface area contributed by atoms with E-state index in [1.165, 1.54) is 27.0 Å². The Morgan fingerprint density at radius 3 is 2.11 bits per heavy atom. The lowest BCUT2D eigenvalue weighted by Gasteiger charge is -2.56. The summed E-state index contributed by atoms with van der Waals surface area (Å²) in [6.45, 7) is 19.3. The number of nitrogens with one attached hydrogen (secondary N) is 1. The molecule has 9 rings (SSSR count). The number of aldehydes is 1. The molecule has 1 saturated carbocycles. The van der Waals surface area contributed by atoms with Crippen LogP contribution in [0.15, 0.2) is 58.4 Å². The van der Waals surface area contributed by atoms with Gasteiger partial charge in [0.2, 0.25) is 5.78 Å². The number of hydrogen-bond donors (Lipinski definition) is 7. The Bertz CT molecular complexity index is 2660. The van der Waals surface area contributed by atoms with Crippen molar-refractivity contribution in [3.05, 3.63) is 58.4 Å². The van der Waals surface area contributed by atoms with Crippen LogP contribution in [-0.4, -0.2) is 189 Å². The molecule has 2 bridgehead atoms. The first-order chi connectivity index (χ1) is 40.0. The van der Waals surface area contributed by atoms with Crippen molar-refractivity contribution >= 4 is 30.1 Å². The molecule has 4 aliphatic carbocycles. The van der Waals surface area contributed by atoms with Crippen LogP contribution in [0.3, 0.4) is 0 Å². The second-order valence-electron chi connectivity index (χ2n) is 25.7. The highest BCUT2D eigenvalue weighted by atomic mass is 16.8. The minimum atomic E-state index is -2.18. The van der Waals surface area contributed by atoms with Gasteiger partial charge in [-0.1, -0.05) is 55.9 Å². The summed E-state index contributed by atoms with van der Waals surface area (Å²) >= 11 is 0. The van der Waals surface area contributed by atoms with Gasteiger partial charge in [-0.3, -0.25) is 24.8 Å². The van der Waals surface area contributed by atoms with Crippen molar-refractivity contribution in [2.45, 2.75) is 243 Å². The van der Waals surface area contributed by atoms with Gasteiger partial charge < -0.3 is 77.8 Å². The number of amides is 1. The minimum absolute atomic E-state index is 0.00937. The molecular formula is C61H88N2O22. The van der Waals surface area contributed by atoms with Gasteiger partial charge in [-0.05, 0) is 103 Å². The molecule has 1 spiro atoms. The number of aliphatic hydroxyl groups excluding tert-OH is 4. The van der Waals surface area contributed by atoms with Crippen molar-refractivity contribution in [1.29, 1.82) is 0 Å². The van der Waals surface area contributed by atoms with Gasteiger partial charge in [0.05, 0.1) is 79.5 Å². The Morgan fingerprint density at radius 1 is 0.776 bits per heavy atom. The third-order valence-corrected chi connectivity index (χ3v) is 19.9. The largest absolute Gasteiger partial charge is 0.511 e. The summed E-state index contributed by atoms with van der Waals surface area (Å²) in [5.41, 5.74) is -4.56. The van der Waals surface area contributed by atoms with Crippen molar-refractivity contribution in [3.63, 3.8) is 0 Å². The number of allylic oxidation sites excluding steroid dienone is 3. The maximum absolute atomic E-state index is 15.5. The zero-order chi connectivity index (χ0) is 61.9. The molecular weight excluding hydrogens is 1110 g/mol. The predicted octanol–water partition coefficient (Wildman–Crippen LogP) is 5.25. The molecule has 0 radical (unpaired) electrons. The van der Waals surface area contributed by atoms with Crippen LogP contribution < -0.4 is 5.32 Å². The van der Waals surface area contributed by atoms with Crippen molar-refractivity contribution in [1.82, 2.24) is 10.5 Å². The molecule has 5 aliphatic heterocycles. The fraction of sp³-hybridized carbons (Fsp3) is 0.754. The smallest absolute Gasteiger partial charge is 0.407 e. The third kappa shape index (κ3) is 12.5. The van der Waals surface area contributed by atoms with Crippen LogP contribution in [0.5, 0.6) is 0 Å². The lowest BCUT2D eigenvalue weighted by atomic mass is 9.49. The van der Waals surface area contributed by atoms with Crippen LogP contribution in [0, 0.1) is 40.9 Å². The number of methoxy groups -OCH3 is 1. The second-order valence-corrected chi connectivity index (χ2v) is 25.7. The van der Waals surface area contributed by atoms with Gasteiger partial charge in [0, 0.05) is 56.3 Å². The number of ether oxygens (including phenoxy) is 11. The quantitative estimate of drug-likeness (QED) is 0.0327. The Kier molecular flexibility index (Phi) is 19.5. The maximum Gasteiger partial charge on any atom is 0.407 e. The number of alkyl carbamates (subject to hydrolysis) is 1. The highest BCUT2D eigenvalue weighted by Crippen LogP contribution is 2.61. The topological polar surface area (TPSA) is 324 Å². The summed E-state index contributed by atoms with van der Waals surface area (Å²) in [6.07, 6.45) is -3.46. The molecule has 6 fully saturated rings. The van der Waals surface area contributed by atoms with Crippen molar-refractivity contribution in [2.24, 2.45) is 40.9 Å². The van der Waals surface area contributed by atoms with Crippen LogP contribution in [0.2, 0.25) is 0 Å². The average Bonchev–Trinajstić information content (AvgIpc) is 1.74. The van der Waals surface area contributed by atoms with E-state index in [9.17, 15) is 50.0 Å². The van der Waals surface area contributed by atoms with E-state index in [0.29, 0.717) is 31.1 Å². The lowest BCUT2D eigenvalue weighted by Crippen LogP contribution is -2.68. The van der Waals surface area contributed by atoms with Crippen molar-refractivity contribution in [3.8, 4) is 0 Å². The first-order valence-corrected chi connectivity index (χ1v) is 29.9. The Hall–Kier alpha value is -4.51. The molecule has 0 aromatic heterocycles. The van der Waals surface area contributed by atoms with E-state index >= 15 is 4.79 Å². The second kappa shape index (κ2) is 25.5. The summed E-state index contributed by atoms with van der Waals surface area (Å²) in [5.74, 6) is -6.29. The van der Waals surface area contributed by atoms with E-state index in [0.717, 1.165) is 5.57 Å². The molecule has 24 nitrogen and oxygen atoms in total. The van der Waals surface area contributed by atoms with Crippen LogP contribution in [0.1, 0.15) is 128 Å². The van der Waals surface area contributed by atoms with Gasteiger partial charge in [-0.2, -0.15) is 0 Å². The SMILES string of the molecule is COC(=O)NC1C(C)OC(O[C@H]2C/C=C(\C)[C@@H]3C=C[C@@H]4[C@@H](OC5CC(OC6CCC(OC7CC(O)C(O)C(C)O7)C(C)O6)C(OC(C)=O)C(C)O5)[C@@H](C)C[C@H](C)[C@H]4[C@]3(C)C(O)=C3C(=O)O[C@]4(CC(C=O)=C[C@H](O)[C@H]4/C=C\2C)C3=O)CC1(C)N(O)O. The highest BCUT2D eigenvalue weighted by Gasteiger charge is 2.65. The van der Waals surface area contributed by atoms with Crippen molar-refractivity contribution in [2.75, 3.05) is 7.11 Å². The van der Waals surface area contributed by atoms with Crippen LogP contribution >= 0.6 is 0 Å². The molecule has 5 saturated heterocycles. The van der Waals surface area contributed by atoms with Crippen LogP contribution in [0.25, 0.3) is 0 Å². The number of nitrogens with zero attached hydrogens (tertiary/aromatic N) is 1. The molecule has 9 aliphatic rings. The Morgan fingerprint density at radius 2 is 1.45 bits per heavy atom. The number of carbonyl (C=O) groups excluding carboxylic acids is 5. The van der Waals surface area contributed by atoms with Crippen LogP contribution in [-0.2, 0) is 71.3 Å². The number of esters is 2. The van der Waals surface area contributed by atoms with E-state index in [2.05, 4.69) is 25.2 Å². The number of carbonyl (C=O) groups is 5. The van der Waals surface area contributed by atoms with Crippen LogP contribution in [0.4, 0.5) is 4.79 Å². The third-order valence-electron chi connectivity index (χ3n) is 19.9. The number of Topliss-reactive ketones (excluding diaryl/α,β-unsaturated/α-hetero) is 1. The molecule has 474 valence electrons. The van der Waals surface area contributed by atoms with E-state index < -0.39 is 186 Å². The fourth-order valence-electron chi connectivity index (χ4n) is 15.5. The maximum atomic E-state index is 15.5. The number of hydroxylamine groups is 2. The molecule has 24 heteroatoms. The number of ketones is 1. The molecule has 26 atom stereocenters. The summed E-state index contributed by atoms with van der Waals surface area (Å²) in [5, 5.41) is 69.7. The molecule has 5 heterocycles. The molecule has 15 unspecified atom stereocenters. The number of aliphatic hydroxyl groups is 4. The summed E-state index contributed by atoms with van der Waals surface area (Å²) in [6, 6.07) is -0.995. The van der Waals surface area contributed by atoms with E-state index in [1.54, 1.807) is 33.8 Å². The van der Waals surface area contributed by atoms with Gasteiger partial charge in [0.25, 0.3) is 0 Å². The minimum Gasteiger partial charge on any atom is -0.511 e. The van der Waals surface area contributed by atoms with Gasteiger partial charge in [-0.15, -0.1) is 0 Å². The zero-order valence-corrected chi connectivity index (χ0v) is 50.6. The van der Waals surface area contributed by atoms with Gasteiger partial charge in [0.1, 0.15) is 29.8 Å². The summed E-state index contributed by atoms with van der Waals surface area (Å²) in [4.78, 5) is 67.8. The van der Waals surface area contributed by atoms with Crippen molar-refractivity contribution < 1.29 is 107 Å². The number of fused-ring (bicyclic) bond motifs is 4. The molecule has 85 heavy (non-hydrogen) atoms. The molecule has 1 amide bonds. The first kappa shape index (κ1) is 64.9. The van der Waals surface area contributed by atoms with Gasteiger partial charge >= 0.3 is 18.0 Å². The molecule has 0 aromatic carbocycles. The van der Waals surface area contributed by atoms with E-state index in [1.807, 2.05) is 32.9 Å². The molecule has 7 N–H and O–H groups in total. The summed E-state index contributed by atoms with van der Waals surface area (Å²) < 4.78 is 68.7. The van der Waals surface area contributed by atoms with Gasteiger partial charge in [0.15, 0.2) is 36.9 Å². The fourth-order valence-corrected chi connectivity index (χ4v) is 15.5. The van der Waals surface area contributed by atoms with E-state index in [4.69, 9.17) is 52.1 Å². The first-order valence-electron chi connectivity index (χ1n) is 29.9.